The van der Waals surface area contributed by atoms with Crippen molar-refractivity contribution >= 4 is 11.5 Å². The fraction of sp³-hybridized carbons (Fsp3) is 0.556. The second-order valence-electron chi connectivity index (χ2n) is 4.35. The van der Waals surface area contributed by atoms with Gasteiger partial charge in [-0.25, -0.2) is 10.5 Å². The van der Waals surface area contributed by atoms with Crippen LogP contribution in [0.25, 0.3) is 0 Å². The van der Waals surface area contributed by atoms with Crippen LogP contribution in [0.2, 0.25) is 0 Å². The van der Waals surface area contributed by atoms with Gasteiger partial charge in [0.1, 0.15) is 24.6 Å². The van der Waals surface area contributed by atoms with E-state index in [0.29, 0.717) is 0 Å². The molecule has 1 aromatic heterocycles. The lowest BCUT2D eigenvalue weighted by Gasteiger charge is -2.17. The molecule has 20 heavy (non-hydrogen) atoms. The van der Waals surface area contributed by atoms with Crippen LogP contribution in [0.4, 0.5) is 11.5 Å². The minimum atomic E-state index is -1.42. The number of ether oxygens (including phenoxy) is 1. The second-order valence-corrected chi connectivity index (χ2v) is 4.35. The summed E-state index contributed by atoms with van der Waals surface area (Å²) in [5.74, 6) is 0.000457. The number of aliphatic hydroxyl groups excluding tert-OH is 3. The first-order valence-corrected chi connectivity index (χ1v) is 5.70. The summed E-state index contributed by atoms with van der Waals surface area (Å²) in [4.78, 5) is 20.5. The van der Waals surface area contributed by atoms with E-state index in [1.54, 1.807) is 0 Å². The van der Waals surface area contributed by atoms with Crippen molar-refractivity contribution in [2.75, 3.05) is 17.3 Å². The Morgan fingerprint density at radius 2 is 2.15 bits per heavy atom. The van der Waals surface area contributed by atoms with Crippen molar-refractivity contribution in [2.24, 2.45) is 0 Å². The van der Waals surface area contributed by atoms with Crippen LogP contribution in [-0.4, -0.2) is 55.0 Å². The van der Waals surface area contributed by atoms with E-state index < -0.39 is 36.7 Å². The molecule has 0 radical (unpaired) electrons. The van der Waals surface area contributed by atoms with E-state index in [1.165, 1.54) is 0 Å². The van der Waals surface area contributed by atoms with Gasteiger partial charge in [-0.2, -0.15) is 0 Å². The summed E-state index contributed by atoms with van der Waals surface area (Å²) in [5, 5.41) is 38.1. The zero-order valence-electron chi connectivity index (χ0n) is 9.95. The number of anilines is 2. The van der Waals surface area contributed by atoms with E-state index in [2.05, 4.69) is 15.4 Å². The molecule has 1 fully saturated rings. The third kappa shape index (κ3) is 1.76. The summed E-state index contributed by atoms with van der Waals surface area (Å²) in [6.45, 7) is -0.515. The van der Waals surface area contributed by atoms with Gasteiger partial charge in [-0.05, 0) is 0 Å². The molecule has 11 heteroatoms. The van der Waals surface area contributed by atoms with E-state index in [-0.39, 0.29) is 16.7 Å². The first-order valence-electron chi connectivity index (χ1n) is 5.70. The van der Waals surface area contributed by atoms with Crippen molar-refractivity contribution in [2.45, 2.75) is 24.5 Å². The summed E-state index contributed by atoms with van der Waals surface area (Å²) in [5.41, 5.74) is 1.17. The van der Waals surface area contributed by atoms with Gasteiger partial charge in [-0.15, -0.1) is 4.94 Å². The fourth-order valence-corrected chi connectivity index (χ4v) is 2.13. The highest BCUT2D eigenvalue weighted by atomic mass is 17.0. The van der Waals surface area contributed by atoms with E-state index in [4.69, 9.17) is 9.84 Å². The molecule has 3 heterocycles. The van der Waals surface area contributed by atoms with Gasteiger partial charge in [0.15, 0.2) is 12.0 Å². The Bertz CT molecular complexity index is 578. The Morgan fingerprint density at radius 1 is 1.40 bits per heavy atom. The number of rotatable bonds is 2. The third-order valence-corrected chi connectivity index (χ3v) is 3.18. The maximum Gasteiger partial charge on any atom is 0.286 e. The number of aromatic nitrogens is 2. The Kier molecular flexibility index (Phi) is 3.08. The Morgan fingerprint density at radius 3 is 2.80 bits per heavy atom. The fourth-order valence-electron chi connectivity index (χ4n) is 2.13. The largest absolute Gasteiger partial charge is 0.394 e. The van der Waals surface area contributed by atoms with E-state index in [9.17, 15) is 20.2 Å². The van der Waals surface area contributed by atoms with Crippen molar-refractivity contribution in [3.63, 3.8) is 0 Å². The Hall–Kier alpha value is -1.76. The molecule has 0 bridgehead atoms. The normalized spacial score (nSPS) is 32.3. The van der Waals surface area contributed by atoms with Crippen LogP contribution in [0, 0.1) is 0 Å². The predicted octanol–water partition coefficient (Wildman–Crippen LogP) is -2.68. The summed E-state index contributed by atoms with van der Waals surface area (Å²) < 4.78 is 6.10. The first kappa shape index (κ1) is 13.2. The first-order chi connectivity index (χ1) is 9.54. The van der Waals surface area contributed by atoms with Crippen LogP contribution >= 0.6 is 0 Å². The predicted molar refractivity (Wildman–Crippen MR) is 60.5 cm³/mol. The Labute approximate surface area is 111 Å². The van der Waals surface area contributed by atoms with E-state index in [0.717, 1.165) is 10.9 Å². The number of aliphatic hydroxyl groups is 3. The van der Waals surface area contributed by atoms with Gasteiger partial charge in [0.25, 0.3) is 5.56 Å². The molecule has 5 N–H and O–H groups in total. The van der Waals surface area contributed by atoms with Crippen LogP contribution in [0.15, 0.2) is 11.1 Å². The minimum absolute atomic E-state index is 0.000457. The molecule has 0 amide bonds. The van der Waals surface area contributed by atoms with Crippen molar-refractivity contribution in [3.05, 3.63) is 16.7 Å². The van der Waals surface area contributed by atoms with Crippen molar-refractivity contribution in [1.82, 2.24) is 9.55 Å². The number of hydrogen-bond donors (Lipinski definition) is 5. The highest BCUT2D eigenvalue weighted by molar-refractivity contribution is 5.63. The lowest BCUT2D eigenvalue weighted by molar-refractivity contribution is -0.0551. The molecule has 0 spiro atoms. The van der Waals surface area contributed by atoms with Crippen molar-refractivity contribution in [1.29, 1.82) is 0 Å². The lowest BCUT2D eigenvalue weighted by Crippen LogP contribution is -2.36. The monoisotopic (exact) mass is 288 g/mol. The second kappa shape index (κ2) is 4.66. The van der Waals surface area contributed by atoms with Crippen LogP contribution < -0.4 is 16.3 Å². The maximum absolute atomic E-state index is 12.2. The average Bonchev–Trinajstić information content (AvgIpc) is 2.94. The lowest BCUT2D eigenvalue weighted by atomic mass is 10.1. The van der Waals surface area contributed by atoms with Gasteiger partial charge in [0.2, 0.25) is 5.69 Å². The molecule has 4 atom stereocenters. The third-order valence-electron chi connectivity index (χ3n) is 3.18. The molecule has 3 rings (SSSR count). The van der Waals surface area contributed by atoms with E-state index in [1.807, 2.05) is 0 Å². The van der Waals surface area contributed by atoms with Crippen LogP contribution in [-0.2, 0) is 9.68 Å². The van der Waals surface area contributed by atoms with Gasteiger partial charge in [-0.3, -0.25) is 14.6 Å². The molecule has 2 aliphatic rings. The molecule has 0 saturated carbocycles. The minimum Gasteiger partial charge on any atom is -0.394 e. The van der Waals surface area contributed by atoms with Gasteiger partial charge >= 0.3 is 0 Å². The van der Waals surface area contributed by atoms with E-state index >= 15 is 0 Å². The standard InChI is InChI=1S/C9H12N4O7/c14-1-3-5(15)6(16)9(19-3)12-2-10-7-4(8(12)17)13(18)20-11-7/h2-3,5-6,9,11,14-16,18H,1H2. The average molecular weight is 288 g/mol. The summed E-state index contributed by atoms with van der Waals surface area (Å²) in [6.07, 6.45) is -3.95. The molecular weight excluding hydrogens is 276 g/mol. The SMILES string of the molecule is O=c1c2c(ncn1C1OC(CO)C(O)C1O)NON2O. The van der Waals surface area contributed by atoms with Gasteiger partial charge in [0, 0.05) is 0 Å². The summed E-state index contributed by atoms with van der Waals surface area (Å²) >= 11 is 0. The van der Waals surface area contributed by atoms with Gasteiger partial charge in [0.05, 0.1) is 6.61 Å². The molecule has 11 nitrogen and oxygen atoms in total. The highest BCUT2D eigenvalue weighted by Crippen LogP contribution is 2.30. The topological polar surface area (TPSA) is 150 Å². The quantitative estimate of drug-likeness (QED) is 0.389. The highest BCUT2D eigenvalue weighted by Gasteiger charge is 2.44. The summed E-state index contributed by atoms with van der Waals surface area (Å²) in [7, 11) is 0. The molecule has 1 aromatic rings. The van der Waals surface area contributed by atoms with Gasteiger partial charge in [-0.1, -0.05) is 5.23 Å². The van der Waals surface area contributed by atoms with Crippen LogP contribution in [0.1, 0.15) is 6.23 Å². The van der Waals surface area contributed by atoms with Gasteiger partial charge < -0.3 is 20.1 Å². The smallest absolute Gasteiger partial charge is 0.286 e. The van der Waals surface area contributed by atoms with Crippen LogP contribution in [0.3, 0.4) is 0 Å². The van der Waals surface area contributed by atoms with Crippen molar-refractivity contribution in [3.8, 4) is 0 Å². The zero-order valence-corrected chi connectivity index (χ0v) is 9.95. The maximum atomic E-state index is 12.2. The zero-order chi connectivity index (χ0) is 14.4. The number of nitrogens with zero attached hydrogens (tertiary/aromatic N) is 3. The number of nitrogens with one attached hydrogen (secondary N) is 1. The molecule has 0 aromatic carbocycles. The molecule has 1 saturated heterocycles. The molecule has 2 aliphatic heterocycles. The number of fused-ring (bicyclic) bond motifs is 1. The molecule has 110 valence electrons. The Balaban J connectivity index is 2.00. The molecular formula is C9H12N4O7. The molecule has 4 unspecified atom stereocenters. The van der Waals surface area contributed by atoms with Crippen LogP contribution in [0.5, 0.6) is 0 Å². The number of hydrogen-bond acceptors (Lipinski definition) is 10. The van der Waals surface area contributed by atoms with Crippen molar-refractivity contribution < 1.29 is 30.2 Å². The molecule has 0 aliphatic carbocycles. The summed E-state index contributed by atoms with van der Waals surface area (Å²) in [6, 6.07) is 0.